The first kappa shape index (κ1) is 25.2. The number of nitrogen functional groups attached to an aromatic ring is 1. The molecule has 1 aliphatic heterocycles. The van der Waals surface area contributed by atoms with Crippen LogP contribution >= 0.6 is 19.5 Å². The zero-order valence-corrected chi connectivity index (χ0v) is 19.8. The maximum absolute atomic E-state index is 13.5. The predicted octanol–water partition coefficient (Wildman–Crippen LogP) is 1.33. The molecule has 1 fully saturated rings. The van der Waals surface area contributed by atoms with Gasteiger partial charge in [0.15, 0.2) is 0 Å². The molecule has 14 heteroatoms. The highest BCUT2D eigenvalue weighted by atomic mass is 32.2. The maximum atomic E-state index is 13.5. The van der Waals surface area contributed by atoms with E-state index in [1.54, 1.807) is 37.3 Å². The Balaban J connectivity index is 1.71. The van der Waals surface area contributed by atoms with Crippen LogP contribution in [0.3, 0.4) is 0 Å². The smallest absolute Gasteiger partial charge is 0.459 e. The number of para-hydroxylation sites is 1. The van der Waals surface area contributed by atoms with E-state index in [0.29, 0.717) is 0 Å². The van der Waals surface area contributed by atoms with E-state index in [4.69, 9.17) is 19.5 Å². The number of hydrogen-bond donors (Lipinski definition) is 3. The highest BCUT2D eigenvalue weighted by Gasteiger charge is 2.39. The average molecular weight is 499 g/mol. The molecule has 5 atom stereocenters. The van der Waals surface area contributed by atoms with Crippen LogP contribution in [0.4, 0.5) is 5.95 Å². The Hall–Kier alpha value is -2.44. The van der Waals surface area contributed by atoms with Crippen molar-refractivity contribution in [2.24, 2.45) is 0 Å². The van der Waals surface area contributed by atoms with E-state index in [2.05, 4.69) is 15.1 Å². The molecule has 0 aliphatic carbocycles. The van der Waals surface area contributed by atoms with Crippen molar-refractivity contribution in [3.63, 3.8) is 0 Å². The molecule has 0 radical (unpaired) electrons. The predicted molar refractivity (Wildman–Crippen MR) is 122 cm³/mol. The molecule has 180 valence electrons. The van der Waals surface area contributed by atoms with E-state index in [0.717, 1.165) is 0 Å². The van der Waals surface area contributed by atoms with Gasteiger partial charge in [0.1, 0.15) is 18.1 Å². The van der Waals surface area contributed by atoms with Crippen LogP contribution in [0.15, 0.2) is 41.5 Å². The van der Waals surface area contributed by atoms with Crippen molar-refractivity contribution in [3.05, 3.63) is 47.1 Å². The first-order valence-electron chi connectivity index (χ1n) is 10.2. The van der Waals surface area contributed by atoms with Crippen LogP contribution in [0.5, 0.6) is 5.75 Å². The summed E-state index contributed by atoms with van der Waals surface area (Å²) in [4.78, 5) is 31.5. The molecule has 0 bridgehead atoms. The topological polar surface area (TPSA) is 168 Å². The number of hydrogen-bond acceptors (Lipinski definition) is 11. The lowest BCUT2D eigenvalue weighted by atomic mass is 10.2. The Morgan fingerprint density at radius 2 is 2.15 bits per heavy atom. The van der Waals surface area contributed by atoms with Gasteiger partial charge in [-0.1, -0.05) is 18.2 Å². The number of aliphatic hydroxyl groups excluding tert-OH is 1. The van der Waals surface area contributed by atoms with Crippen LogP contribution in [0.2, 0.25) is 0 Å². The maximum Gasteiger partial charge on any atom is 0.459 e. The number of esters is 1. The number of carbonyl (C=O) groups excluding carboxylic acids is 1. The number of aliphatic hydroxyl groups is 1. The van der Waals surface area contributed by atoms with E-state index in [1.165, 1.54) is 29.6 Å². The van der Waals surface area contributed by atoms with Crippen LogP contribution in [0, 0.1) is 0 Å². The molecule has 4 N–H and O–H groups in total. The zero-order valence-electron chi connectivity index (χ0n) is 18.1. The number of carbonyl (C=O) groups is 1. The van der Waals surface area contributed by atoms with Gasteiger partial charge in [0.25, 0.3) is 0 Å². The number of benzene rings is 1. The van der Waals surface area contributed by atoms with Gasteiger partial charge in [0.05, 0.1) is 29.9 Å². The van der Waals surface area contributed by atoms with E-state index < -0.39 is 42.2 Å². The van der Waals surface area contributed by atoms with Crippen LogP contribution in [0.25, 0.3) is 0 Å². The van der Waals surface area contributed by atoms with Crippen molar-refractivity contribution in [2.45, 2.75) is 43.0 Å². The lowest BCUT2D eigenvalue weighted by Crippen LogP contribution is -2.36. The standard InChI is InChI=1S/C19H26N5O7PS/c1-3-29-17(26)12(2)23-32(28,31-13-7-5-4-6-8-13)30-10-15-14(25)9-16(33-15)24-11-21-18(20)22-19(24)27/h4-8,11-12,14-16,25H,3,9-10H2,1-2H3,(H,23,28)(H2,20,22,27)/t12-,14?,15?,16?,32-/m0/s1. The quantitative estimate of drug-likeness (QED) is 0.317. The van der Waals surface area contributed by atoms with Crippen molar-refractivity contribution >= 4 is 31.4 Å². The molecule has 2 heterocycles. The fraction of sp³-hybridized carbons (Fsp3) is 0.474. The Bertz CT molecular complexity index is 1060. The monoisotopic (exact) mass is 499 g/mol. The van der Waals surface area contributed by atoms with Gasteiger partial charge in [0.2, 0.25) is 5.95 Å². The molecule has 33 heavy (non-hydrogen) atoms. The number of ether oxygens (including phenoxy) is 1. The number of nitrogens with one attached hydrogen (secondary N) is 1. The van der Waals surface area contributed by atoms with Crippen molar-refractivity contribution in [2.75, 3.05) is 18.9 Å². The zero-order chi connectivity index (χ0) is 24.0. The molecule has 1 aromatic carbocycles. The van der Waals surface area contributed by atoms with E-state index in [9.17, 15) is 19.3 Å². The second-order valence-corrected chi connectivity index (χ2v) is 10.3. The Morgan fingerprint density at radius 1 is 1.42 bits per heavy atom. The first-order chi connectivity index (χ1) is 15.7. The number of nitrogens with two attached hydrogens (primary N) is 1. The fourth-order valence-electron chi connectivity index (χ4n) is 3.03. The Kier molecular flexibility index (Phi) is 8.49. The lowest BCUT2D eigenvalue weighted by Gasteiger charge is -2.24. The molecule has 1 saturated heterocycles. The molecule has 0 amide bonds. The van der Waals surface area contributed by atoms with Gasteiger partial charge in [-0.3, -0.25) is 13.9 Å². The third kappa shape index (κ3) is 6.78. The molecule has 3 unspecified atom stereocenters. The van der Waals surface area contributed by atoms with Gasteiger partial charge >= 0.3 is 19.4 Å². The summed E-state index contributed by atoms with van der Waals surface area (Å²) < 4.78 is 30.9. The number of rotatable bonds is 10. The fourth-order valence-corrected chi connectivity index (χ4v) is 6.07. The molecular formula is C19H26N5O7PS. The molecule has 0 saturated carbocycles. The third-order valence-corrected chi connectivity index (χ3v) is 7.81. The molecule has 12 nitrogen and oxygen atoms in total. The minimum atomic E-state index is -4.05. The van der Waals surface area contributed by atoms with Crippen LogP contribution in [-0.4, -0.2) is 56.2 Å². The summed E-state index contributed by atoms with van der Waals surface area (Å²) in [5.41, 5.74) is 4.84. The summed E-state index contributed by atoms with van der Waals surface area (Å²) in [5.74, 6) is -0.482. The minimum absolute atomic E-state index is 0.138. The van der Waals surface area contributed by atoms with Gasteiger partial charge in [-0.25, -0.2) is 14.3 Å². The van der Waals surface area contributed by atoms with Gasteiger partial charge < -0.3 is 20.1 Å². The molecule has 0 spiro atoms. The highest BCUT2D eigenvalue weighted by Crippen LogP contribution is 2.48. The van der Waals surface area contributed by atoms with Gasteiger partial charge in [-0.15, -0.1) is 11.8 Å². The average Bonchev–Trinajstić information content (AvgIpc) is 3.13. The van der Waals surface area contributed by atoms with Crippen molar-refractivity contribution in [1.29, 1.82) is 0 Å². The second-order valence-electron chi connectivity index (χ2n) is 7.14. The highest BCUT2D eigenvalue weighted by molar-refractivity contribution is 8.00. The Morgan fingerprint density at radius 3 is 2.82 bits per heavy atom. The summed E-state index contributed by atoms with van der Waals surface area (Å²) in [7, 11) is -4.05. The van der Waals surface area contributed by atoms with Gasteiger partial charge in [-0.05, 0) is 26.0 Å². The molecule has 1 aromatic heterocycles. The Labute approximate surface area is 194 Å². The van der Waals surface area contributed by atoms with Gasteiger partial charge in [-0.2, -0.15) is 10.1 Å². The molecule has 2 aromatic rings. The molecular weight excluding hydrogens is 473 g/mol. The van der Waals surface area contributed by atoms with E-state index in [-0.39, 0.29) is 31.3 Å². The lowest BCUT2D eigenvalue weighted by molar-refractivity contribution is -0.144. The first-order valence-corrected chi connectivity index (χ1v) is 12.7. The summed E-state index contributed by atoms with van der Waals surface area (Å²) in [6, 6.07) is 7.37. The van der Waals surface area contributed by atoms with E-state index >= 15 is 0 Å². The minimum Gasteiger partial charge on any atom is -0.465 e. The van der Waals surface area contributed by atoms with Crippen molar-refractivity contribution in [3.8, 4) is 5.75 Å². The van der Waals surface area contributed by atoms with Crippen molar-refractivity contribution < 1.29 is 28.3 Å². The number of aromatic nitrogens is 3. The number of anilines is 1. The molecule has 1 aliphatic rings. The van der Waals surface area contributed by atoms with Crippen molar-refractivity contribution in [1.82, 2.24) is 19.6 Å². The van der Waals surface area contributed by atoms with Crippen LogP contribution in [0.1, 0.15) is 25.6 Å². The summed E-state index contributed by atoms with van der Waals surface area (Å²) >= 11 is 1.24. The van der Waals surface area contributed by atoms with Crippen LogP contribution in [-0.2, 0) is 18.6 Å². The van der Waals surface area contributed by atoms with Gasteiger partial charge in [0, 0.05) is 6.42 Å². The summed E-state index contributed by atoms with van der Waals surface area (Å²) in [6.45, 7) is 3.12. The largest absolute Gasteiger partial charge is 0.465 e. The summed E-state index contributed by atoms with van der Waals surface area (Å²) in [5, 5.41) is 12.1. The number of thioether (sulfide) groups is 1. The normalized spacial score (nSPS) is 22.9. The molecule has 3 rings (SSSR count). The SMILES string of the molecule is CCOC(=O)[C@H](C)N[P@](=O)(OCC1SC(n2cnc(N)nc2=O)CC1O)Oc1ccccc1. The second kappa shape index (κ2) is 11.1. The summed E-state index contributed by atoms with van der Waals surface area (Å²) in [6.07, 6.45) is 0.629. The van der Waals surface area contributed by atoms with Crippen LogP contribution < -0.4 is 21.0 Å². The number of nitrogens with zero attached hydrogens (tertiary/aromatic N) is 3. The third-order valence-electron chi connectivity index (χ3n) is 4.63. The van der Waals surface area contributed by atoms with E-state index in [1.807, 2.05) is 0 Å².